The number of aryl methyl sites for hydroxylation is 1. The number of carbonyl (C=O) groups excluding carboxylic acids is 1. The Balaban J connectivity index is 2.25. The van der Waals surface area contributed by atoms with Crippen molar-refractivity contribution in [3.05, 3.63) is 64.7 Å². The summed E-state index contributed by atoms with van der Waals surface area (Å²) in [5.74, 6) is -2.36. The van der Waals surface area contributed by atoms with Crippen molar-refractivity contribution in [2.24, 2.45) is 0 Å². The third-order valence-electron chi connectivity index (χ3n) is 3.31. The second kappa shape index (κ2) is 5.91. The standard InChI is InChI=1S/C16H16F2N2O/c1-9-5-3-4-6-12(9)10(2)20-16(21)13-7-11(17)8-14(19)15(13)18/h3-8,10H,19H2,1-2H3,(H,20,21). The quantitative estimate of drug-likeness (QED) is 0.852. The second-order valence-electron chi connectivity index (χ2n) is 4.91. The lowest BCUT2D eigenvalue weighted by molar-refractivity contribution is 0.0935. The zero-order chi connectivity index (χ0) is 15.6. The van der Waals surface area contributed by atoms with Gasteiger partial charge in [0.1, 0.15) is 5.82 Å². The topological polar surface area (TPSA) is 55.1 Å². The molecule has 2 aromatic rings. The van der Waals surface area contributed by atoms with E-state index in [0.717, 1.165) is 23.3 Å². The van der Waals surface area contributed by atoms with Crippen molar-refractivity contribution >= 4 is 11.6 Å². The van der Waals surface area contributed by atoms with Gasteiger partial charge in [-0.3, -0.25) is 4.79 Å². The van der Waals surface area contributed by atoms with Crippen molar-refractivity contribution in [3.8, 4) is 0 Å². The number of rotatable bonds is 3. The molecule has 1 unspecified atom stereocenters. The van der Waals surface area contributed by atoms with Crippen LogP contribution in [-0.2, 0) is 0 Å². The van der Waals surface area contributed by atoms with E-state index in [4.69, 9.17) is 5.73 Å². The van der Waals surface area contributed by atoms with Crippen molar-refractivity contribution in [2.75, 3.05) is 5.73 Å². The highest BCUT2D eigenvalue weighted by molar-refractivity contribution is 5.95. The van der Waals surface area contributed by atoms with E-state index in [9.17, 15) is 13.6 Å². The van der Waals surface area contributed by atoms with Crippen LogP contribution in [0.2, 0.25) is 0 Å². The van der Waals surface area contributed by atoms with Gasteiger partial charge in [-0.05, 0) is 37.1 Å². The van der Waals surface area contributed by atoms with Crippen LogP contribution in [0.1, 0.15) is 34.5 Å². The highest BCUT2D eigenvalue weighted by Crippen LogP contribution is 2.20. The monoisotopic (exact) mass is 290 g/mol. The molecular weight excluding hydrogens is 274 g/mol. The molecule has 0 bridgehead atoms. The Hall–Kier alpha value is -2.43. The molecule has 0 heterocycles. The number of anilines is 1. The Kier molecular flexibility index (Phi) is 4.21. The Bertz CT molecular complexity index is 686. The molecule has 0 fully saturated rings. The van der Waals surface area contributed by atoms with Crippen molar-refractivity contribution < 1.29 is 13.6 Å². The van der Waals surface area contributed by atoms with Gasteiger partial charge in [0.25, 0.3) is 5.91 Å². The molecular formula is C16H16F2N2O. The number of amides is 1. The number of nitrogen functional groups attached to an aromatic ring is 1. The van der Waals surface area contributed by atoms with Gasteiger partial charge in [0, 0.05) is 0 Å². The van der Waals surface area contributed by atoms with Crippen LogP contribution in [0.3, 0.4) is 0 Å². The van der Waals surface area contributed by atoms with Crippen molar-refractivity contribution in [1.82, 2.24) is 5.32 Å². The predicted molar refractivity (Wildman–Crippen MR) is 77.8 cm³/mol. The summed E-state index contributed by atoms with van der Waals surface area (Å²) < 4.78 is 27.1. The van der Waals surface area contributed by atoms with Crippen LogP contribution in [-0.4, -0.2) is 5.91 Å². The first kappa shape index (κ1) is 15.0. The molecule has 0 spiro atoms. The van der Waals surface area contributed by atoms with Crippen LogP contribution < -0.4 is 11.1 Å². The minimum Gasteiger partial charge on any atom is -0.396 e. The van der Waals surface area contributed by atoms with Gasteiger partial charge in [-0.1, -0.05) is 24.3 Å². The number of nitrogens with one attached hydrogen (secondary N) is 1. The first-order valence-electron chi connectivity index (χ1n) is 6.51. The third-order valence-corrected chi connectivity index (χ3v) is 3.31. The van der Waals surface area contributed by atoms with E-state index in [1.165, 1.54) is 0 Å². The maximum Gasteiger partial charge on any atom is 0.254 e. The van der Waals surface area contributed by atoms with Crippen LogP contribution in [0.25, 0.3) is 0 Å². The van der Waals surface area contributed by atoms with Gasteiger partial charge in [0.2, 0.25) is 0 Å². The molecule has 21 heavy (non-hydrogen) atoms. The summed E-state index contributed by atoms with van der Waals surface area (Å²) in [5, 5.41) is 2.65. The summed E-state index contributed by atoms with van der Waals surface area (Å²) in [7, 11) is 0. The lowest BCUT2D eigenvalue weighted by Gasteiger charge is -2.17. The first-order chi connectivity index (χ1) is 9.90. The normalized spacial score (nSPS) is 12.0. The molecule has 0 aliphatic heterocycles. The summed E-state index contributed by atoms with van der Waals surface area (Å²) >= 11 is 0. The molecule has 2 aromatic carbocycles. The minimum atomic E-state index is -0.911. The van der Waals surface area contributed by atoms with E-state index in [-0.39, 0.29) is 11.7 Å². The molecule has 0 aliphatic carbocycles. The lowest BCUT2D eigenvalue weighted by Crippen LogP contribution is -2.28. The maximum absolute atomic E-state index is 13.8. The minimum absolute atomic E-state index is 0.331. The summed E-state index contributed by atoms with van der Waals surface area (Å²) in [6.45, 7) is 3.69. The van der Waals surface area contributed by atoms with Crippen molar-refractivity contribution in [1.29, 1.82) is 0 Å². The zero-order valence-corrected chi connectivity index (χ0v) is 11.8. The molecule has 2 rings (SSSR count). The van der Waals surface area contributed by atoms with E-state index in [2.05, 4.69) is 5.32 Å². The largest absolute Gasteiger partial charge is 0.396 e. The van der Waals surface area contributed by atoms with E-state index in [1.54, 1.807) is 6.92 Å². The molecule has 3 N–H and O–H groups in total. The van der Waals surface area contributed by atoms with Gasteiger partial charge in [0.05, 0.1) is 17.3 Å². The number of carbonyl (C=O) groups is 1. The van der Waals surface area contributed by atoms with E-state index in [0.29, 0.717) is 0 Å². The SMILES string of the molecule is Cc1ccccc1C(C)NC(=O)c1cc(F)cc(N)c1F. The average Bonchev–Trinajstić information content (AvgIpc) is 2.43. The van der Waals surface area contributed by atoms with Gasteiger partial charge in [-0.25, -0.2) is 8.78 Å². The highest BCUT2D eigenvalue weighted by atomic mass is 19.1. The molecule has 1 atom stereocenters. The van der Waals surface area contributed by atoms with E-state index >= 15 is 0 Å². The summed E-state index contributed by atoms with van der Waals surface area (Å²) in [5.41, 5.74) is 6.47. The van der Waals surface area contributed by atoms with Gasteiger partial charge in [-0.15, -0.1) is 0 Å². The molecule has 0 radical (unpaired) electrons. The summed E-state index contributed by atoms with van der Waals surface area (Å²) in [4.78, 5) is 12.1. The number of nitrogens with two attached hydrogens (primary N) is 1. The molecule has 5 heteroatoms. The Morgan fingerprint density at radius 2 is 1.90 bits per heavy atom. The zero-order valence-electron chi connectivity index (χ0n) is 11.8. The second-order valence-corrected chi connectivity index (χ2v) is 4.91. The molecule has 3 nitrogen and oxygen atoms in total. The fourth-order valence-electron chi connectivity index (χ4n) is 2.20. The highest BCUT2D eigenvalue weighted by Gasteiger charge is 2.18. The Morgan fingerprint density at radius 1 is 1.24 bits per heavy atom. The molecule has 0 aromatic heterocycles. The van der Waals surface area contributed by atoms with Crippen molar-refractivity contribution in [3.63, 3.8) is 0 Å². The third kappa shape index (κ3) is 3.18. The molecule has 0 saturated heterocycles. The fourth-order valence-corrected chi connectivity index (χ4v) is 2.20. The molecule has 110 valence electrons. The molecule has 0 aliphatic rings. The van der Waals surface area contributed by atoms with Gasteiger partial charge in [-0.2, -0.15) is 0 Å². The molecule has 1 amide bonds. The van der Waals surface area contributed by atoms with Crippen LogP contribution in [0.4, 0.5) is 14.5 Å². The van der Waals surface area contributed by atoms with E-state index < -0.39 is 23.1 Å². The van der Waals surface area contributed by atoms with Gasteiger partial charge < -0.3 is 11.1 Å². The maximum atomic E-state index is 13.8. The van der Waals surface area contributed by atoms with Crippen LogP contribution in [0.5, 0.6) is 0 Å². The van der Waals surface area contributed by atoms with Gasteiger partial charge >= 0.3 is 0 Å². The summed E-state index contributed by atoms with van der Waals surface area (Å²) in [6, 6.07) is 8.88. The van der Waals surface area contributed by atoms with Crippen molar-refractivity contribution in [2.45, 2.75) is 19.9 Å². The predicted octanol–water partition coefficient (Wildman–Crippen LogP) is 3.35. The van der Waals surface area contributed by atoms with E-state index in [1.807, 2.05) is 31.2 Å². The van der Waals surface area contributed by atoms with Crippen LogP contribution >= 0.6 is 0 Å². The first-order valence-corrected chi connectivity index (χ1v) is 6.51. The average molecular weight is 290 g/mol. The van der Waals surface area contributed by atoms with Crippen LogP contribution in [0.15, 0.2) is 36.4 Å². The Morgan fingerprint density at radius 3 is 2.57 bits per heavy atom. The fraction of sp³-hybridized carbons (Fsp3) is 0.188. The van der Waals surface area contributed by atoms with Crippen LogP contribution in [0, 0.1) is 18.6 Å². The molecule has 0 saturated carbocycles. The number of benzene rings is 2. The number of hydrogen-bond acceptors (Lipinski definition) is 2. The number of hydrogen-bond donors (Lipinski definition) is 2. The lowest BCUT2D eigenvalue weighted by atomic mass is 10.0. The van der Waals surface area contributed by atoms with Gasteiger partial charge in [0.15, 0.2) is 5.82 Å². The smallest absolute Gasteiger partial charge is 0.254 e. The Labute approximate surface area is 121 Å². The number of halogens is 2. The summed E-state index contributed by atoms with van der Waals surface area (Å²) in [6.07, 6.45) is 0.